The van der Waals surface area contributed by atoms with Gasteiger partial charge in [-0.25, -0.2) is 0 Å². The van der Waals surface area contributed by atoms with E-state index in [0.29, 0.717) is 10.6 Å². The Labute approximate surface area is 98.4 Å². The molecule has 0 fully saturated rings. The van der Waals surface area contributed by atoms with Crippen molar-refractivity contribution in [2.75, 3.05) is 5.73 Å². The van der Waals surface area contributed by atoms with Crippen LogP contribution in [-0.2, 0) is 0 Å². The van der Waals surface area contributed by atoms with Gasteiger partial charge in [-0.3, -0.25) is 4.79 Å². The fourth-order valence-electron chi connectivity index (χ4n) is 1.94. The molecule has 4 heteroatoms. The summed E-state index contributed by atoms with van der Waals surface area (Å²) in [6.45, 7) is 1.90. The summed E-state index contributed by atoms with van der Waals surface area (Å²) in [5.74, 6) is -0.440. The zero-order chi connectivity index (χ0) is 11.7. The molecule has 0 radical (unpaired) electrons. The highest BCUT2D eigenvalue weighted by Crippen LogP contribution is 2.37. The Bertz CT molecular complexity index is 497. The van der Waals surface area contributed by atoms with Gasteiger partial charge in [0.1, 0.15) is 0 Å². The second-order valence-corrected chi connectivity index (χ2v) is 4.87. The van der Waals surface area contributed by atoms with Crippen LogP contribution in [0.2, 0.25) is 0 Å². The molecule has 16 heavy (non-hydrogen) atoms. The molecule has 1 aliphatic carbocycles. The lowest BCUT2D eigenvalue weighted by atomic mass is 9.99. The summed E-state index contributed by atoms with van der Waals surface area (Å²) in [7, 11) is 0. The van der Waals surface area contributed by atoms with Gasteiger partial charge in [-0.05, 0) is 30.9 Å². The number of rotatable bonds is 2. The van der Waals surface area contributed by atoms with E-state index < -0.39 is 5.91 Å². The normalized spacial score (nSPS) is 14.9. The van der Waals surface area contributed by atoms with E-state index in [9.17, 15) is 4.79 Å². The van der Waals surface area contributed by atoms with Crippen molar-refractivity contribution in [1.29, 1.82) is 0 Å². The molecule has 0 unspecified atom stereocenters. The summed E-state index contributed by atoms with van der Waals surface area (Å²) < 4.78 is 0. The number of hydrogen-bond donors (Lipinski definition) is 2. The van der Waals surface area contributed by atoms with Crippen molar-refractivity contribution < 1.29 is 4.79 Å². The first kappa shape index (κ1) is 11.0. The number of nitrogen functional groups attached to an aromatic ring is 1. The maximum atomic E-state index is 11.3. The number of nitrogens with two attached hydrogens (primary N) is 2. The molecule has 1 aromatic rings. The van der Waals surface area contributed by atoms with E-state index >= 15 is 0 Å². The molecule has 0 saturated heterocycles. The molecule has 3 nitrogen and oxygen atoms in total. The van der Waals surface area contributed by atoms with Crippen LogP contribution < -0.4 is 11.5 Å². The topological polar surface area (TPSA) is 69.1 Å². The quantitative estimate of drug-likeness (QED) is 0.825. The molecule has 1 aliphatic rings. The zero-order valence-corrected chi connectivity index (χ0v) is 9.93. The predicted octanol–water partition coefficient (Wildman–Crippen LogP) is 2.47. The van der Waals surface area contributed by atoms with Gasteiger partial charge in [-0.2, -0.15) is 0 Å². The third kappa shape index (κ3) is 1.76. The van der Waals surface area contributed by atoms with Gasteiger partial charge in [0.15, 0.2) is 0 Å². The lowest BCUT2D eigenvalue weighted by Crippen LogP contribution is -2.13. The Hall–Kier alpha value is -1.55. The summed E-state index contributed by atoms with van der Waals surface area (Å²) in [4.78, 5) is 12.3. The van der Waals surface area contributed by atoms with Crippen LogP contribution in [0.1, 0.15) is 33.6 Å². The van der Waals surface area contributed by atoms with Crippen molar-refractivity contribution in [2.24, 2.45) is 5.73 Å². The van der Waals surface area contributed by atoms with Gasteiger partial charge in [-0.15, -0.1) is 11.3 Å². The minimum absolute atomic E-state index is 0.440. The Kier molecular flexibility index (Phi) is 2.83. The number of allylic oxidation sites excluding steroid dienone is 4. The third-order valence-electron chi connectivity index (χ3n) is 2.73. The van der Waals surface area contributed by atoms with Crippen LogP contribution in [0.4, 0.5) is 5.00 Å². The van der Waals surface area contributed by atoms with Crippen LogP contribution in [0, 0.1) is 6.92 Å². The second-order valence-electron chi connectivity index (χ2n) is 3.82. The van der Waals surface area contributed by atoms with E-state index in [-0.39, 0.29) is 0 Å². The fourth-order valence-corrected chi connectivity index (χ4v) is 3.07. The molecule has 4 N–H and O–H groups in total. The van der Waals surface area contributed by atoms with E-state index in [2.05, 4.69) is 12.2 Å². The molecule has 1 heterocycles. The van der Waals surface area contributed by atoms with Crippen LogP contribution >= 0.6 is 11.3 Å². The first-order valence-corrected chi connectivity index (χ1v) is 5.97. The number of thiophene rings is 1. The van der Waals surface area contributed by atoms with Crippen molar-refractivity contribution >= 4 is 27.8 Å². The number of carbonyl (C=O) groups excluding carboxylic acids is 1. The third-order valence-corrected chi connectivity index (χ3v) is 3.92. The number of amides is 1. The van der Waals surface area contributed by atoms with Crippen molar-refractivity contribution in [3.63, 3.8) is 0 Å². The van der Waals surface area contributed by atoms with E-state index in [4.69, 9.17) is 11.5 Å². The summed E-state index contributed by atoms with van der Waals surface area (Å²) >= 11 is 1.45. The zero-order valence-electron chi connectivity index (χ0n) is 9.12. The van der Waals surface area contributed by atoms with Crippen molar-refractivity contribution in [2.45, 2.75) is 19.8 Å². The number of primary amides is 1. The molecular formula is C12H14N2OS. The SMILES string of the molecule is Cc1c(C2=CC=CCC2)sc(N)c1C(N)=O. The monoisotopic (exact) mass is 234 g/mol. The molecular weight excluding hydrogens is 220 g/mol. The van der Waals surface area contributed by atoms with Crippen LogP contribution in [-0.4, -0.2) is 5.91 Å². The maximum absolute atomic E-state index is 11.3. The highest BCUT2D eigenvalue weighted by Gasteiger charge is 2.19. The first-order valence-electron chi connectivity index (χ1n) is 5.16. The fraction of sp³-hybridized carbons (Fsp3) is 0.250. The summed E-state index contributed by atoms with van der Waals surface area (Å²) in [5.41, 5.74) is 13.8. The lowest BCUT2D eigenvalue weighted by Gasteiger charge is -2.07. The minimum Gasteiger partial charge on any atom is -0.390 e. The molecule has 0 bridgehead atoms. The molecule has 84 valence electrons. The largest absolute Gasteiger partial charge is 0.390 e. The van der Waals surface area contributed by atoms with Gasteiger partial charge in [0.05, 0.1) is 10.6 Å². The molecule has 0 aromatic carbocycles. The summed E-state index contributed by atoms with van der Waals surface area (Å²) in [6, 6.07) is 0. The average molecular weight is 234 g/mol. The Morgan fingerprint density at radius 1 is 1.50 bits per heavy atom. The first-order chi connectivity index (χ1) is 7.61. The highest BCUT2D eigenvalue weighted by atomic mass is 32.1. The molecule has 0 spiro atoms. The number of carbonyl (C=O) groups is 1. The average Bonchev–Trinajstić information content (AvgIpc) is 2.55. The van der Waals surface area contributed by atoms with Gasteiger partial charge in [-0.1, -0.05) is 18.2 Å². The highest BCUT2D eigenvalue weighted by molar-refractivity contribution is 7.17. The summed E-state index contributed by atoms with van der Waals surface area (Å²) in [5, 5.41) is 0.524. The van der Waals surface area contributed by atoms with E-state index in [1.54, 1.807) is 0 Å². The van der Waals surface area contributed by atoms with E-state index in [1.807, 2.05) is 13.0 Å². The number of anilines is 1. The standard InChI is InChI=1S/C12H14N2OS/c1-7-9(11(13)15)12(14)16-10(7)8-5-3-2-4-6-8/h2-3,5H,4,6,14H2,1H3,(H2,13,15). The number of hydrogen-bond acceptors (Lipinski definition) is 3. The van der Waals surface area contributed by atoms with Crippen molar-refractivity contribution in [1.82, 2.24) is 0 Å². The van der Waals surface area contributed by atoms with Crippen LogP contribution in [0.3, 0.4) is 0 Å². The Morgan fingerprint density at radius 3 is 2.75 bits per heavy atom. The maximum Gasteiger partial charge on any atom is 0.251 e. The lowest BCUT2D eigenvalue weighted by molar-refractivity contribution is 0.100. The second kappa shape index (κ2) is 4.14. The Balaban J connectivity index is 2.51. The van der Waals surface area contributed by atoms with E-state index in [1.165, 1.54) is 16.9 Å². The Morgan fingerprint density at radius 2 is 2.25 bits per heavy atom. The summed E-state index contributed by atoms with van der Waals surface area (Å²) in [6.07, 6.45) is 8.28. The molecule has 2 rings (SSSR count). The van der Waals surface area contributed by atoms with Gasteiger partial charge in [0.2, 0.25) is 0 Å². The van der Waals surface area contributed by atoms with Gasteiger partial charge in [0.25, 0.3) is 5.91 Å². The van der Waals surface area contributed by atoms with Crippen LogP contribution in [0.15, 0.2) is 18.2 Å². The van der Waals surface area contributed by atoms with Gasteiger partial charge in [0, 0.05) is 4.88 Å². The molecule has 1 aromatic heterocycles. The minimum atomic E-state index is -0.440. The smallest absolute Gasteiger partial charge is 0.251 e. The molecule has 0 atom stereocenters. The van der Waals surface area contributed by atoms with Gasteiger partial charge >= 0.3 is 0 Å². The van der Waals surface area contributed by atoms with Crippen LogP contribution in [0.25, 0.3) is 5.57 Å². The molecule has 0 aliphatic heterocycles. The predicted molar refractivity (Wildman–Crippen MR) is 68.3 cm³/mol. The van der Waals surface area contributed by atoms with Crippen molar-refractivity contribution in [3.8, 4) is 0 Å². The van der Waals surface area contributed by atoms with Gasteiger partial charge < -0.3 is 11.5 Å². The molecule has 1 amide bonds. The van der Waals surface area contributed by atoms with E-state index in [0.717, 1.165) is 23.3 Å². The van der Waals surface area contributed by atoms with Crippen LogP contribution in [0.5, 0.6) is 0 Å². The van der Waals surface area contributed by atoms with Crippen molar-refractivity contribution in [3.05, 3.63) is 34.2 Å². The molecule has 0 saturated carbocycles.